The molecule has 1 saturated carbocycles. The lowest BCUT2D eigenvalue weighted by molar-refractivity contribution is 0.0865. The standard InChI is InChI=1S/C27H32N4O5S/c32-13-15-37(34,35)29-19-4-5-21(25(16-19)30-10-8-27(6-7-27)9-11-30)26(33)28-23-2-1-3-24-22(23)17-20-18-36-14-12-31(20)24/h1-5,16-17,29,32H,6-15,18H2,(H,28,33). The fourth-order valence-electron chi connectivity index (χ4n) is 5.65. The first-order valence-corrected chi connectivity index (χ1v) is 14.5. The number of sulfonamides is 1. The average molecular weight is 525 g/mol. The van der Waals surface area contributed by atoms with Crippen LogP contribution in [0.1, 0.15) is 41.7 Å². The molecule has 10 heteroatoms. The zero-order valence-electron chi connectivity index (χ0n) is 20.7. The highest BCUT2D eigenvalue weighted by molar-refractivity contribution is 7.92. The van der Waals surface area contributed by atoms with Crippen molar-refractivity contribution in [1.29, 1.82) is 0 Å². The maximum absolute atomic E-state index is 13.7. The van der Waals surface area contributed by atoms with Crippen LogP contribution in [0.3, 0.4) is 0 Å². The molecule has 1 aliphatic carbocycles. The quantitative estimate of drug-likeness (QED) is 0.436. The summed E-state index contributed by atoms with van der Waals surface area (Å²) in [6.45, 7) is 3.20. The lowest BCUT2D eigenvalue weighted by Gasteiger charge is -2.35. The van der Waals surface area contributed by atoms with Crippen molar-refractivity contribution in [2.24, 2.45) is 5.41 Å². The molecule has 6 rings (SSSR count). The van der Waals surface area contributed by atoms with Gasteiger partial charge in [-0.1, -0.05) is 6.07 Å². The topological polar surface area (TPSA) is 113 Å². The first-order chi connectivity index (χ1) is 17.9. The number of fused-ring (bicyclic) bond motifs is 3. The predicted molar refractivity (Wildman–Crippen MR) is 144 cm³/mol. The normalized spacial score (nSPS) is 18.6. The van der Waals surface area contributed by atoms with Crippen molar-refractivity contribution in [3.8, 4) is 0 Å². The number of hydrogen-bond donors (Lipinski definition) is 3. The van der Waals surface area contributed by atoms with Crippen molar-refractivity contribution in [1.82, 2.24) is 4.57 Å². The maximum Gasteiger partial charge on any atom is 0.257 e. The molecule has 0 bridgehead atoms. The van der Waals surface area contributed by atoms with E-state index in [4.69, 9.17) is 9.84 Å². The summed E-state index contributed by atoms with van der Waals surface area (Å²) in [4.78, 5) is 15.9. The van der Waals surface area contributed by atoms with E-state index in [0.717, 1.165) is 54.8 Å². The molecular weight excluding hydrogens is 492 g/mol. The molecule has 2 aromatic carbocycles. The van der Waals surface area contributed by atoms with E-state index in [0.29, 0.717) is 35.6 Å². The van der Waals surface area contributed by atoms with Crippen molar-refractivity contribution in [3.63, 3.8) is 0 Å². The van der Waals surface area contributed by atoms with Crippen LogP contribution < -0.4 is 14.9 Å². The molecule has 1 spiro atoms. The van der Waals surface area contributed by atoms with E-state index >= 15 is 0 Å². The third kappa shape index (κ3) is 4.81. The summed E-state index contributed by atoms with van der Waals surface area (Å²) in [5.74, 6) is -0.618. The van der Waals surface area contributed by atoms with E-state index in [-0.39, 0.29) is 11.7 Å². The number of carbonyl (C=O) groups excluding carboxylic acids is 1. The van der Waals surface area contributed by atoms with Crippen LogP contribution in [0.25, 0.3) is 10.9 Å². The minimum Gasteiger partial charge on any atom is -0.395 e. The Bertz CT molecular complexity index is 1450. The third-order valence-corrected chi connectivity index (χ3v) is 9.25. The molecule has 2 fully saturated rings. The number of aliphatic hydroxyl groups is 1. The monoisotopic (exact) mass is 524 g/mol. The number of ether oxygens (including phenoxy) is 1. The second-order valence-corrected chi connectivity index (χ2v) is 12.2. The molecule has 3 aliphatic rings. The lowest BCUT2D eigenvalue weighted by Crippen LogP contribution is -2.35. The van der Waals surface area contributed by atoms with Gasteiger partial charge in [0.1, 0.15) is 0 Å². The average Bonchev–Trinajstić information content (AvgIpc) is 3.52. The first-order valence-electron chi connectivity index (χ1n) is 12.9. The number of rotatable bonds is 7. The molecule has 0 radical (unpaired) electrons. The van der Waals surface area contributed by atoms with Crippen molar-refractivity contribution >= 4 is 43.9 Å². The highest BCUT2D eigenvalue weighted by Gasteiger charge is 2.44. The second-order valence-electron chi connectivity index (χ2n) is 10.4. The van der Waals surface area contributed by atoms with Crippen LogP contribution in [0.4, 0.5) is 17.1 Å². The molecule has 3 aromatic rings. The number of nitrogens with zero attached hydrogens (tertiary/aromatic N) is 2. The van der Waals surface area contributed by atoms with E-state index in [9.17, 15) is 13.2 Å². The van der Waals surface area contributed by atoms with Crippen LogP contribution in [0.2, 0.25) is 0 Å². The molecular formula is C27H32N4O5S. The van der Waals surface area contributed by atoms with Crippen LogP contribution in [-0.2, 0) is 27.9 Å². The van der Waals surface area contributed by atoms with Crippen LogP contribution in [0.5, 0.6) is 0 Å². The summed E-state index contributed by atoms with van der Waals surface area (Å²) in [6, 6.07) is 13.0. The van der Waals surface area contributed by atoms with Gasteiger partial charge in [0.15, 0.2) is 0 Å². The number of amides is 1. The first kappa shape index (κ1) is 24.3. The SMILES string of the molecule is O=C(Nc1cccc2c1cc1n2CCOC1)c1ccc(NS(=O)(=O)CCO)cc1N1CCC2(CC1)CC2. The van der Waals surface area contributed by atoms with Gasteiger partial charge in [0.2, 0.25) is 10.0 Å². The molecule has 37 heavy (non-hydrogen) atoms. The fraction of sp³-hybridized carbons (Fsp3) is 0.444. The molecule has 1 saturated heterocycles. The number of nitrogens with one attached hydrogen (secondary N) is 2. The van der Waals surface area contributed by atoms with E-state index in [1.807, 2.05) is 12.1 Å². The minimum atomic E-state index is -3.68. The number of benzene rings is 2. The Morgan fingerprint density at radius 1 is 1.05 bits per heavy atom. The van der Waals surface area contributed by atoms with E-state index in [1.165, 1.54) is 12.8 Å². The largest absolute Gasteiger partial charge is 0.395 e. The fourth-order valence-corrected chi connectivity index (χ4v) is 6.48. The Hall–Kier alpha value is -3.08. The van der Waals surface area contributed by atoms with Crippen LogP contribution in [-0.4, -0.2) is 56.1 Å². The van der Waals surface area contributed by atoms with E-state index in [1.54, 1.807) is 18.2 Å². The molecule has 1 aromatic heterocycles. The molecule has 1 amide bonds. The number of aromatic nitrogens is 1. The summed E-state index contributed by atoms with van der Waals surface area (Å²) >= 11 is 0. The van der Waals surface area contributed by atoms with Gasteiger partial charge in [0, 0.05) is 30.7 Å². The van der Waals surface area contributed by atoms with Gasteiger partial charge in [0.25, 0.3) is 5.91 Å². The predicted octanol–water partition coefficient (Wildman–Crippen LogP) is 3.54. The molecule has 9 nitrogen and oxygen atoms in total. The minimum absolute atomic E-state index is 0.237. The molecule has 2 aliphatic heterocycles. The summed E-state index contributed by atoms with van der Waals surface area (Å²) in [5, 5.41) is 13.2. The summed E-state index contributed by atoms with van der Waals surface area (Å²) in [7, 11) is -3.68. The van der Waals surface area contributed by atoms with Crippen molar-refractivity contribution in [3.05, 3.63) is 53.7 Å². The molecule has 196 valence electrons. The maximum atomic E-state index is 13.7. The molecule has 0 atom stereocenters. The molecule has 3 N–H and O–H groups in total. The van der Waals surface area contributed by atoms with Gasteiger partial charge in [-0.05, 0) is 67.5 Å². The Labute approximate surface area is 216 Å². The van der Waals surface area contributed by atoms with Crippen LogP contribution in [0, 0.1) is 5.41 Å². The van der Waals surface area contributed by atoms with Gasteiger partial charge in [-0.2, -0.15) is 0 Å². The van der Waals surface area contributed by atoms with Crippen molar-refractivity contribution in [2.75, 3.05) is 47.0 Å². The highest BCUT2D eigenvalue weighted by Crippen LogP contribution is 2.54. The summed E-state index contributed by atoms with van der Waals surface area (Å²) in [6.07, 6.45) is 4.69. The Morgan fingerprint density at radius 3 is 2.62 bits per heavy atom. The van der Waals surface area contributed by atoms with Crippen LogP contribution in [0.15, 0.2) is 42.5 Å². The second kappa shape index (κ2) is 9.34. The van der Waals surface area contributed by atoms with Crippen molar-refractivity contribution < 1.29 is 23.1 Å². The number of hydrogen-bond acceptors (Lipinski definition) is 6. The molecule has 0 unspecified atom stereocenters. The van der Waals surface area contributed by atoms with Gasteiger partial charge in [-0.25, -0.2) is 8.42 Å². The van der Waals surface area contributed by atoms with Gasteiger partial charge >= 0.3 is 0 Å². The van der Waals surface area contributed by atoms with Gasteiger partial charge in [-0.15, -0.1) is 0 Å². The van der Waals surface area contributed by atoms with Crippen molar-refractivity contribution in [2.45, 2.75) is 38.8 Å². The Kier molecular flexibility index (Phi) is 6.13. The zero-order chi connectivity index (χ0) is 25.6. The Balaban J connectivity index is 1.32. The van der Waals surface area contributed by atoms with Gasteiger partial charge in [0.05, 0.1) is 53.7 Å². The highest BCUT2D eigenvalue weighted by atomic mass is 32.2. The Morgan fingerprint density at radius 2 is 1.86 bits per heavy atom. The number of piperidine rings is 1. The molecule has 3 heterocycles. The zero-order valence-corrected chi connectivity index (χ0v) is 21.5. The lowest BCUT2D eigenvalue weighted by atomic mass is 9.93. The smallest absolute Gasteiger partial charge is 0.257 e. The van der Waals surface area contributed by atoms with Crippen LogP contribution >= 0.6 is 0 Å². The van der Waals surface area contributed by atoms with Gasteiger partial charge in [-0.3, -0.25) is 9.52 Å². The van der Waals surface area contributed by atoms with E-state index < -0.39 is 16.6 Å². The third-order valence-electron chi connectivity index (χ3n) is 7.99. The van der Waals surface area contributed by atoms with Gasteiger partial charge < -0.3 is 24.6 Å². The number of aliphatic hydroxyl groups excluding tert-OH is 1. The number of carbonyl (C=O) groups is 1. The summed E-state index contributed by atoms with van der Waals surface area (Å²) < 4.78 is 34.9. The summed E-state index contributed by atoms with van der Waals surface area (Å²) in [5.41, 5.74) is 4.96. The van der Waals surface area contributed by atoms with E-state index in [2.05, 4.69) is 31.6 Å². The number of anilines is 3.